The zero-order valence-electron chi connectivity index (χ0n) is 15.4. The predicted molar refractivity (Wildman–Crippen MR) is 98.1 cm³/mol. The topological polar surface area (TPSA) is 83.4 Å². The van der Waals surface area contributed by atoms with Crippen molar-refractivity contribution < 1.29 is 13.2 Å². The van der Waals surface area contributed by atoms with E-state index >= 15 is 0 Å². The molecule has 1 aromatic heterocycles. The number of carbonyl (C=O) groups excluding carboxylic acids is 1. The summed E-state index contributed by atoms with van der Waals surface area (Å²) in [6.07, 6.45) is 8.90. The first-order valence-corrected chi connectivity index (χ1v) is 10.4. The highest BCUT2D eigenvalue weighted by Gasteiger charge is 2.21. The van der Waals surface area contributed by atoms with Crippen LogP contribution >= 0.6 is 0 Å². The quantitative estimate of drug-likeness (QED) is 0.560. The van der Waals surface area contributed by atoms with E-state index in [1.54, 1.807) is 25.7 Å². The molecule has 1 aliphatic carbocycles. The van der Waals surface area contributed by atoms with Gasteiger partial charge < -0.3 is 14.8 Å². The Balaban J connectivity index is 1.89. The number of nitrogens with one attached hydrogen (secondary N) is 2. The van der Waals surface area contributed by atoms with E-state index in [9.17, 15) is 13.2 Å². The number of carbonyl (C=O) groups is 1. The van der Waals surface area contributed by atoms with Crippen LogP contribution in [-0.4, -0.2) is 57.0 Å². The average molecular weight is 371 g/mol. The first-order valence-electron chi connectivity index (χ1n) is 8.92. The predicted octanol–water partition coefficient (Wildman–Crippen LogP) is 1.32. The molecule has 1 aliphatic rings. The SMILES string of the molecule is CN(C)C(=O)c1cc(S(=O)(=O)NCCNC2CCCCCC2)cn1C. The summed E-state index contributed by atoms with van der Waals surface area (Å²) in [5, 5.41) is 3.44. The van der Waals surface area contributed by atoms with Crippen molar-refractivity contribution in [2.24, 2.45) is 7.05 Å². The van der Waals surface area contributed by atoms with Crippen molar-refractivity contribution in [3.05, 3.63) is 18.0 Å². The highest BCUT2D eigenvalue weighted by atomic mass is 32.2. The van der Waals surface area contributed by atoms with Crippen LogP contribution in [0.15, 0.2) is 17.2 Å². The molecule has 0 spiro atoms. The lowest BCUT2D eigenvalue weighted by Crippen LogP contribution is -2.36. The van der Waals surface area contributed by atoms with Gasteiger partial charge in [-0.15, -0.1) is 0 Å². The summed E-state index contributed by atoms with van der Waals surface area (Å²) in [5.41, 5.74) is 0.349. The Morgan fingerprint density at radius 1 is 1.20 bits per heavy atom. The van der Waals surface area contributed by atoms with Gasteiger partial charge in [0.05, 0.1) is 0 Å². The van der Waals surface area contributed by atoms with Crippen LogP contribution in [0.2, 0.25) is 0 Å². The van der Waals surface area contributed by atoms with E-state index in [2.05, 4.69) is 10.0 Å². The fraction of sp³-hybridized carbons (Fsp3) is 0.706. The Morgan fingerprint density at radius 2 is 1.84 bits per heavy atom. The van der Waals surface area contributed by atoms with Crippen LogP contribution in [0.25, 0.3) is 0 Å². The first-order chi connectivity index (χ1) is 11.8. The third-order valence-corrected chi connectivity index (χ3v) is 6.05. The second-order valence-electron chi connectivity index (χ2n) is 6.91. The van der Waals surface area contributed by atoms with Gasteiger partial charge in [-0.05, 0) is 18.9 Å². The molecule has 1 saturated carbocycles. The van der Waals surface area contributed by atoms with Gasteiger partial charge in [-0.2, -0.15) is 0 Å². The van der Waals surface area contributed by atoms with E-state index in [1.807, 2.05) is 0 Å². The number of aromatic nitrogens is 1. The lowest BCUT2D eigenvalue weighted by atomic mass is 10.1. The van der Waals surface area contributed by atoms with Crippen LogP contribution in [0.5, 0.6) is 0 Å². The van der Waals surface area contributed by atoms with Crippen LogP contribution in [0, 0.1) is 0 Å². The van der Waals surface area contributed by atoms with E-state index in [0.29, 0.717) is 24.8 Å². The average Bonchev–Trinajstić information content (AvgIpc) is 2.78. The van der Waals surface area contributed by atoms with Gasteiger partial charge in [-0.3, -0.25) is 4.79 Å². The molecule has 1 heterocycles. The summed E-state index contributed by atoms with van der Waals surface area (Å²) in [5.74, 6) is -0.223. The molecule has 0 bridgehead atoms. The third-order valence-electron chi connectivity index (χ3n) is 4.62. The fourth-order valence-electron chi connectivity index (χ4n) is 3.15. The summed E-state index contributed by atoms with van der Waals surface area (Å²) in [4.78, 5) is 13.6. The summed E-state index contributed by atoms with van der Waals surface area (Å²) < 4.78 is 29.0. The molecule has 2 rings (SSSR count). The van der Waals surface area contributed by atoms with Gasteiger partial charge in [0.1, 0.15) is 10.6 Å². The molecule has 0 radical (unpaired) electrons. The molecule has 1 aromatic rings. The molecule has 25 heavy (non-hydrogen) atoms. The van der Waals surface area contributed by atoms with Crippen molar-refractivity contribution in [2.45, 2.75) is 49.5 Å². The number of rotatable bonds is 7. The molecular formula is C17H30N4O3S. The molecule has 1 fully saturated rings. The van der Waals surface area contributed by atoms with Crippen molar-refractivity contribution in [3.63, 3.8) is 0 Å². The van der Waals surface area contributed by atoms with E-state index in [4.69, 9.17) is 0 Å². The van der Waals surface area contributed by atoms with Gasteiger partial charge in [-0.1, -0.05) is 25.7 Å². The molecule has 0 atom stereocenters. The number of sulfonamides is 1. The second kappa shape index (κ2) is 8.82. The Hall–Kier alpha value is -1.38. The minimum atomic E-state index is -3.61. The Kier molecular flexibility index (Phi) is 7.04. The van der Waals surface area contributed by atoms with E-state index < -0.39 is 10.0 Å². The molecule has 0 aliphatic heterocycles. The Labute approximate surface area is 150 Å². The molecule has 0 aromatic carbocycles. The van der Waals surface area contributed by atoms with Crippen LogP contribution < -0.4 is 10.0 Å². The lowest BCUT2D eigenvalue weighted by Gasteiger charge is -2.16. The zero-order chi connectivity index (χ0) is 18.4. The highest BCUT2D eigenvalue weighted by molar-refractivity contribution is 7.89. The lowest BCUT2D eigenvalue weighted by molar-refractivity contribution is 0.0818. The van der Waals surface area contributed by atoms with Crippen LogP contribution in [0.3, 0.4) is 0 Å². The third kappa shape index (κ3) is 5.55. The molecule has 1 amide bonds. The summed E-state index contributed by atoms with van der Waals surface area (Å²) >= 11 is 0. The standard InChI is InChI=1S/C17H30N4O3S/c1-20(2)17(22)16-12-15(13-21(16)3)25(23,24)19-11-10-18-14-8-6-4-5-7-9-14/h12-14,18-19H,4-11H2,1-3H3. The van der Waals surface area contributed by atoms with Gasteiger partial charge in [-0.25, -0.2) is 13.1 Å². The summed E-state index contributed by atoms with van der Waals surface area (Å²) in [6, 6.07) is 1.91. The van der Waals surface area contributed by atoms with Crippen LogP contribution in [0.4, 0.5) is 0 Å². The number of nitrogens with zero attached hydrogens (tertiary/aromatic N) is 2. The maximum Gasteiger partial charge on any atom is 0.269 e. The van der Waals surface area contributed by atoms with Crippen LogP contribution in [0.1, 0.15) is 49.0 Å². The Morgan fingerprint density at radius 3 is 2.44 bits per heavy atom. The molecule has 0 saturated heterocycles. The molecule has 8 heteroatoms. The molecule has 142 valence electrons. The number of hydrogen-bond acceptors (Lipinski definition) is 4. The monoisotopic (exact) mass is 370 g/mol. The molecule has 7 nitrogen and oxygen atoms in total. The molecule has 2 N–H and O–H groups in total. The fourth-order valence-corrected chi connectivity index (χ4v) is 4.25. The van der Waals surface area contributed by atoms with Crippen molar-refractivity contribution in [3.8, 4) is 0 Å². The van der Waals surface area contributed by atoms with Gasteiger partial charge in [0.2, 0.25) is 10.0 Å². The zero-order valence-corrected chi connectivity index (χ0v) is 16.2. The largest absolute Gasteiger partial charge is 0.345 e. The van der Waals surface area contributed by atoms with Crippen molar-refractivity contribution in [1.29, 1.82) is 0 Å². The maximum absolute atomic E-state index is 12.4. The van der Waals surface area contributed by atoms with Crippen molar-refractivity contribution >= 4 is 15.9 Å². The second-order valence-corrected chi connectivity index (χ2v) is 8.68. The smallest absolute Gasteiger partial charge is 0.269 e. The van der Waals surface area contributed by atoms with Gasteiger partial charge in [0.25, 0.3) is 5.91 Å². The number of amides is 1. The molecular weight excluding hydrogens is 340 g/mol. The van der Waals surface area contributed by atoms with E-state index in [1.165, 1.54) is 55.7 Å². The Bertz CT molecular complexity index is 674. The number of aryl methyl sites for hydroxylation is 1. The molecule has 0 unspecified atom stereocenters. The van der Waals surface area contributed by atoms with Crippen LogP contribution in [-0.2, 0) is 17.1 Å². The van der Waals surface area contributed by atoms with E-state index in [-0.39, 0.29) is 10.8 Å². The van der Waals surface area contributed by atoms with Gasteiger partial charge in [0, 0.05) is 46.5 Å². The van der Waals surface area contributed by atoms with Gasteiger partial charge in [0.15, 0.2) is 0 Å². The minimum absolute atomic E-state index is 0.120. The van der Waals surface area contributed by atoms with Crippen molar-refractivity contribution in [2.75, 3.05) is 27.2 Å². The van der Waals surface area contributed by atoms with Gasteiger partial charge >= 0.3 is 0 Å². The normalized spacial score (nSPS) is 16.6. The van der Waals surface area contributed by atoms with E-state index in [0.717, 1.165) is 0 Å². The summed E-state index contributed by atoms with van der Waals surface area (Å²) in [6.45, 7) is 0.949. The highest BCUT2D eigenvalue weighted by Crippen LogP contribution is 2.17. The summed E-state index contributed by atoms with van der Waals surface area (Å²) in [7, 11) is 1.34. The maximum atomic E-state index is 12.4. The minimum Gasteiger partial charge on any atom is -0.345 e. The van der Waals surface area contributed by atoms with Crippen molar-refractivity contribution in [1.82, 2.24) is 19.5 Å². The number of hydrogen-bond donors (Lipinski definition) is 2. The first kappa shape index (κ1) is 19.9.